The first kappa shape index (κ1) is 12.1. The van der Waals surface area contributed by atoms with Crippen LogP contribution in [0.5, 0.6) is 11.5 Å². The maximum atomic E-state index is 5.59. The van der Waals surface area contributed by atoms with Crippen molar-refractivity contribution in [3.8, 4) is 11.5 Å². The van der Waals surface area contributed by atoms with Crippen LogP contribution in [0.25, 0.3) is 0 Å². The highest BCUT2D eigenvalue weighted by Crippen LogP contribution is 2.34. The Morgan fingerprint density at radius 2 is 1.87 bits per heavy atom. The van der Waals surface area contributed by atoms with E-state index in [9.17, 15) is 0 Å². The van der Waals surface area contributed by atoms with E-state index >= 15 is 0 Å². The summed E-state index contributed by atoms with van der Waals surface area (Å²) in [5, 5.41) is 0. The number of rotatable bonds is 4. The highest BCUT2D eigenvalue weighted by atomic mass is 32.2. The zero-order chi connectivity index (χ0) is 11.4. The number of thiocarbonyl (C=S) groups is 1. The fourth-order valence-corrected chi connectivity index (χ4v) is 1.95. The zero-order valence-electron chi connectivity index (χ0n) is 8.87. The van der Waals surface area contributed by atoms with Crippen LogP contribution in [0.2, 0.25) is 0 Å². The van der Waals surface area contributed by atoms with Crippen LogP contribution in [0.4, 0.5) is 0 Å². The van der Waals surface area contributed by atoms with Crippen molar-refractivity contribution in [2.24, 2.45) is 5.73 Å². The van der Waals surface area contributed by atoms with Gasteiger partial charge < -0.3 is 15.2 Å². The van der Waals surface area contributed by atoms with Crippen LogP contribution in [0, 0.1) is 0 Å². The Hall–Kier alpha value is -0.940. The van der Waals surface area contributed by atoms with E-state index in [1.165, 1.54) is 0 Å². The van der Waals surface area contributed by atoms with E-state index in [1.807, 2.05) is 12.3 Å². The summed E-state index contributed by atoms with van der Waals surface area (Å²) in [7, 11) is 3.21. The fourth-order valence-electron chi connectivity index (χ4n) is 1.22. The second kappa shape index (κ2) is 5.23. The smallest absolute Gasteiger partial charge is 0.133 e. The van der Waals surface area contributed by atoms with E-state index in [-0.39, 0.29) is 0 Å². The van der Waals surface area contributed by atoms with Crippen LogP contribution in [0.15, 0.2) is 17.0 Å². The van der Waals surface area contributed by atoms with E-state index in [2.05, 4.69) is 0 Å². The molecule has 0 bridgehead atoms. The van der Waals surface area contributed by atoms with Crippen molar-refractivity contribution < 1.29 is 9.47 Å². The SMILES string of the molecule is COc1cc(C(N)=S)c(OC)cc1SC. The topological polar surface area (TPSA) is 44.5 Å². The van der Waals surface area contributed by atoms with Gasteiger partial charge in [0.2, 0.25) is 0 Å². The summed E-state index contributed by atoms with van der Waals surface area (Å²) in [6, 6.07) is 3.67. The van der Waals surface area contributed by atoms with Crippen LogP contribution < -0.4 is 15.2 Å². The molecular weight excluding hydrogens is 230 g/mol. The van der Waals surface area contributed by atoms with Gasteiger partial charge in [-0.25, -0.2) is 0 Å². The average Bonchev–Trinajstić information content (AvgIpc) is 2.26. The number of benzene rings is 1. The molecule has 82 valence electrons. The van der Waals surface area contributed by atoms with Crippen LogP contribution in [-0.4, -0.2) is 25.5 Å². The van der Waals surface area contributed by atoms with Gasteiger partial charge in [-0.05, 0) is 18.4 Å². The number of ether oxygens (including phenoxy) is 2. The Bertz CT molecular complexity index is 380. The molecule has 1 aromatic rings. The maximum absolute atomic E-state index is 5.59. The third kappa shape index (κ3) is 2.54. The molecular formula is C10H13NO2S2. The van der Waals surface area contributed by atoms with Crippen molar-refractivity contribution in [1.29, 1.82) is 0 Å². The van der Waals surface area contributed by atoms with Gasteiger partial charge in [0.25, 0.3) is 0 Å². The van der Waals surface area contributed by atoms with Gasteiger partial charge >= 0.3 is 0 Å². The van der Waals surface area contributed by atoms with Gasteiger partial charge in [-0.3, -0.25) is 0 Å². The lowest BCUT2D eigenvalue weighted by Crippen LogP contribution is -2.11. The van der Waals surface area contributed by atoms with Crippen LogP contribution in [0.3, 0.4) is 0 Å². The molecule has 0 aliphatic heterocycles. The molecule has 2 N–H and O–H groups in total. The van der Waals surface area contributed by atoms with Crippen molar-refractivity contribution >= 4 is 29.0 Å². The standard InChI is InChI=1S/C10H13NO2S2/c1-12-7-5-9(15-3)8(13-2)4-6(7)10(11)14/h4-5H,1-3H3,(H2,11,14). The highest BCUT2D eigenvalue weighted by Gasteiger charge is 2.12. The van der Waals surface area contributed by atoms with Gasteiger partial charge in [-0.1, -0.05) is 12.2 Å². The van der Waals surface area contributed by atoms with Crippen molar-refractivity contribution in [2.45, 2.75) is 4.90 Å². The van der Waals surface area contributed by atoms with Gasteiger partial charge in [-0.2, -0.15) is 0 Å². The molecule has 0 radical (unpaired) electrons. The minimum absolute atomic E-state index is 0.304. The van der Waals surface area contributed by atoms with E-state index in [0.29, 0.717) is 16.3 Å². The van der Waals surface area contributed by atoms with Crippen LogP contribution >= 0.6 is 24.0 Å². The van der Waals surface area contributed by atoms with E-state index in [1.54, 1.807) is 32.0 Å². The van der Waals surface area contributed by atoms with Gasteiger partial charge in [0.1, 0.15) is 16.5 Å². The molecule has 0 atom stereocenters. The summed E-state index contributed by atoms with van der Waals surface area (Å²) in [6.45, 7) is 0. The van der Waals surface area contributed by atoms with Gasteiger partial charge in [0, 0.05) is 0 Å². The summed E-state index contributed by atoms with van der Waals surface area (Å²) < 4.78 is 10.4. The first-order valence-electron chi connectivity index (χ1n) is 4.23. The monoisotopic (exact) mass is 243 g/mol. The summed E-state index contributed by atoms with van der Waals surface area (Å²) >= 11 is 6.52. The van der Waals surface area contributed by atoms with Crippen molar-refractivity contribution in [3.63, 3.8) is 0 Å². The van der Waals surface area contributed by atoms with E-state index in [0.717, 1.165) is 10.6 Å². The van der Waals surface area contributed by atoms with E-state index in [4.69, 9.17) is 27.4 Å². The Balaban J connectivity index is 3.34. The van der Waals surface area contributed by atoms with Gasteiger partial charge in [-0.15, -0.1) is 11.8 Å². The number of methoxy groups -OCH3 is 2. The van der Waals surface area contributed by atoms with Crippen molar-refractivity contribution in [2.75, 3.05) is 20.5 Å². The summed E-state index contributed by atoms with van der Waals surface area (Å²) in [5.74, 6) is 1.43. The molecule has 0 spiro atoms. The Morgan fingerprint density at radius 3 is 2.27 bits per heavy atom. The number of hydrogen-bond donors (Lipinski definition) is 1. The number of hydrogen-bond acceptors (Lipinski definition) is 4. The number of nitrogens with two attached hydrogens (primary N) is 1. The Kier molecular flexibility index (Phi) is 4.23. The molecule has 0 unspecified atom stereocenters. The molecule has 1 aromatic carbocycles. The summed E-state index contributed by atoms with van der Waals surface area (Å²) in [6.07, 6.45) is 1.97. The molecule has 3 nitrogen and oxygen atoms in total. The zero-order valence-corrected chi connectivity index (χ0v) is 10.5. The molecule has 0 aromatic heterocycles. The molecule has 0 saturated heterocycles. The molecule has 0 saturated carbocycles. The van der Waals surface area contributed by atoms with Crippen LogP contribution in [0.1, 0.15) is 5.56 Å². The first-order valence-corrected chi connectivity index (χ1v) is 5.87. The largest absolute Gasteiger partial charge is 0.496 e. The lowest BCUT2D eigenvalue weighted by molar-refractivity contribution is 0.393. The van der Waals surface area contributed by atoms with Gasteiger partial charge in [0.05, 0.1) is 24.7 Å². The third-order valence-corrected chi connectivity index (χ3v) is 2.95. The minimum Gasteiger partial charge on any atom is -0.496 e. The number of thioether (sulfide) groups is 1. The molecule has 0 fully saturated rings. The Morgan fingerprint density at radius 1 is 1.27 bits per heavy atom. The quantitative estimate of drug-likeness (QED) is 0.648. The molecule has 0 aliphatic carbocycles. The second-order valence-electron chi connectivity index (χ2n) is 2.77. The average molecular weight is 243 g/mol. The lowest BCUT2D eigenvalue weighted by Gasteiger charge is -2.12. The predicted molar refractivity (Wildman–Crippen MR) is 67.2 cm³/mol. The fraction of sp³-hybridized carbons (Fsp3) is 0.300. The Labute approximate surface area is 98.9 Å². The van der Waals surface area contributed by atoms with E-state index < -0.39 is 0 Å². The maximum Gasteiger partial charge on any atom is 0.133 e. The lowest BCUT2D eigenvalue weighted by atomic mass is 10.2. The predicted octanol–water partition coefficient (Wildman–Crippen LogP) is 2.06. The highest BCUT2D eigenvalue weighted by molar-refractivity contribution is 7.98. The van der Waals surface area contributed by atoms with Gasteiger partial charge in [0.15, 0.2) is 0 Å². The third-order valence-electron chi connectivity index (χ3n) is 1.97. The van der Waals surface area contributed by atoms with Crippen molar-refractivity contribution in [1.82, 2.24) is 0 Å². The van der Waals surface area contributed by atoms with Crippen LogP contribution in [-0.2, 0) is 0 Å². The molecule has 5 heteroatoms. The molecule has 1 rings (SSSR count). The molecule has 15 heavy (non-hydrogen) atoms. The second-order valence-corrected chi connectivity index (χ2v) is 4.06. The first-order chi connectivity index (χ1) is 7.13. The molecule has 0 heterocycles. The minimum atomic E-state index is 0.304. The summed E-state index contributed by atoms with van der Waals surface area (Å²) in [5.41, 5.74) is 6.29. The van der Waals surface area contributed by atoms with Crippen molar-refractivity contribution in [3.05, 3.63) is 17.7 Å². The molecule has 0 aliphatic rings. The molecule has 0 amide bonds. The summed E-state index contributed by atoms with van der Waals surface area (Å²) in [4.78, 5) is 1.30. The normalized spacial score (nSPS) is 9.80.